The zero-order valence-electron chi connectivity index (χ0n) is 21.2. The van der Waals surface area contributed by atoms with Gasteiger partial charge in [0.1, 0.15) is 5.82 Å². The SMILES string of the molecule is COC(=O)c1ccc(CN(C(=O)N2CCSCC2)c2ccc(CN3[C@H](C)CNC[C@@H]3C)cc2)c(F)c1. The van der Waals surface area contributed by atoms with Crippen LogP contribution in [0, 0.1) is 5.82 Å². The van der Waals surface area contributed by atoms with Crippen LogP contribution in [0.5, 0.6) is 0 Å². The fraction of sp³-hybridized carbons (Fsp3) is 0.481. The van der Waals surface area contributed by atoms with Crippen molar-refractivity contribution in [2.24, 2.45) is 0 Å². The molecule has 2 aromatic carbocycles. The van der Waals surface area contributed by atoms with E-state index < -0.39 is 11.8 Å². The highest BCUT2D eigenvalue weighted by atomic mass is 32.2. The Morgan fingerprint density at radius 1 is 1.08 bits per heavy atom. The van der Waals surface area contributed by atoms with Crippen molar-refractivity contribution in [3.8, 4) is 0 Å². The third-order valence-corrected chi connectivity index (χ3v) is 7.88. The van der Waals surface area contributed by atoms with E-state index in [-0.39, 0.29) is 18.1 Å². The number of hydrogen-bond donors (Lipinski definition) is 1. The van der Waals surface area contributed by atoms with Gasteiger partial charge < -0.3 is 15.0 Å². The Morgan fingerprint density at radius 2 is 1.75 bits per heavy atom. The molecule has 194 valence electrons. The number of anilines is 1. The molecule has 9 heteroatoms. The summed E-state index contributed by atoms with van der Waals surface area (Å²) in [6.07, 6.45) is 0. The Morgan fingerprint density at radius 3 is 2.36 bits per heavy atom. The molecule has 2 atom stereocenters. The van der Waals surface area contributed by atoms with Gasteiger partial charge >= 0.3 is 12.0 Å². The average molecular weight is 515 g/mol. The Balaban J connectivity index is 1.57. The summed E-state index contributed by atoms with van der Waals surface area (Å²) in [5, 5.41) is 3.46. The lowest BCUT2D eigenvalue weighted by molar-refractivity contribution is 0.0600. The number of rotatable bonds is 6. The molecule has 2 aromatic rings. The lowest BCUT2D eigenvalue weighted by atomic mass is 10.1. The lowest BCUT2D eigenvalue weighted by Crippen LogP contribution is -2.54. The van der Waals surface area contributed by atoms with Crippen molar-refractivity contribution >= 4 is 29.4 Å². The molecule has 2 fully saturated rings. The van der Waals surface area contributed by atoms with E-state index >= 15 is 0 Å². The van der Waals surface area contributed by atoms with Crippen molar-refractivity contribution in [2.75, 3.05) is 49.7 Å². The highest BCUT2D eigenvalue weighted by Crippen LogP contribution is 2.25. The van der Waals surface area contributed by atoms with E-state index in [9.17, 15) is 14.0 Å². The zero-order valence-corrected chi connectivity index (χ0v) is 22.0. The lowest BCUT2D eigenvalue weighted by Gasteiger charge is -2.39. The minimum absolute atomic E-state index is 0.0704. The maximum atomic E-state index is 15.0. The molecule has 0 radical (unpaired) electrons. The molecule has 2 heterocycles. The van der Waals surface area contributed by atoms with Crippen molar-refractivity contribution < 1.29 is 18.7 Å². The van der Waals surface area contributed by atoms with Crippen LogP contribution in [0.1, 0.15) is 35.3 Å². The van der Waals surface area contributed by atoms with Crippen molar-refractivity contribution in [3.63, 3.8) is 0 Å². The number of halogens is 1. The summed E-state index contributed by atoms with van der Waals surface area (Å²) in [4.78, 5) is 31.3. The second-order valence-corrected chi connectivity index (χ2v) is 10.7. The van der Waals surface area contributed by atoms with E-state index in [4.69, 9.17) is 4.74 Å². The topological polar surface area (TPSA) is 65.1 Å². The Hall–Kier alpha value is -2.62. The van der Waals surface area contributed by atoms with Crippen LogP contribution < -0.4 is 10.2 Å². The number of ether oxygens (including phenoxy) is 1. The van der Waals surface area contributed by atoms with E-state index in [2.05, 4.69) is 36.2 Å². The van der Waals surface area contributed by atoms with Gasteiger partial charge in [-0.15, -0.1) is 0 Å². The third-order valence-electron chi connectivity index (χ3n) is 6.94. The zero-order chi connectivity index (χ0) is 25.7. The predicted octanol–water partition coefficient (Wildman–Crippen LogP) is 3.97. The number of benzene rings is 2. The van der Waals surface area contributed by atoms with E-state index in [1.54, 1.807) is 11.0 Å². The molecule has 2 amide bonds. The molecule has 2 aliphatic heterocycles. The number of piperazine rings is 1. The first-order valence-electron chi connectivity index (χ1n) is 12.4. The van der Waals surface area contributed by atoms with Crippen molar-refractivity contribution in [2.45, 2.75) is 39.0 Å². The monoisotopic (exact) mass is 514 g/mol. The number of urea groups is 1. The highest BCUT2D eigenvalue weighted by molar-refractivity contribution is 7.99. The Bertz CT molecular complexity index is 1050. The number of methoxy groups -OCH3 is 1. The molecule has 0 bridgehead atoms. The predicted molar refractivity (Wildman–Crippen MR) is 142 cm³/mol. The van der Waals surface area contributed by atoms with Gasteiger partial charge in [0, 0.05) is 67.6 Å². The molecule has 0 aromatic heterocycles. The minimum atomic E-state index is -0.595. The quantitative estimate of drug-likeness (QED) is 0.589. The molecule has 4 rings (SSSR count). The summed E-state index contributed by atoms with van der Waals surface area (Å²) in [5.41, 5.74) is 2.38. The Labute approximate surface area is 217 Å². The molecule has 0 saturated carbocycles. The number of thioether (sulfide) groups is 1. The summed E-state index contributed by atoms with van der Waals surface area (Å²) in [5.74, 6) is 0.648. The van der Waals surface area contributed by atoms with Crippen LogP contribution in [0.25, 0.3) is 0 Å². The highest BCUT2D eigenvalue weighted by Gasteiger charge is 2.27. The summed E-state index contributed by atoms with van der Waals surface area (Å²) < 4.78 is 19.6. The van der Waals surface area contributed by atoms with Crippen LogP contribution in [-0.2, 0) is 17.8 Å². The van der Waals surface area contributed by atoms with Crippen molar-refractivity contribution in [1.82, 2.24) is 15.1 Å². The van der Waals surface area contributed by atoms with E-state index in [0.29, 0.717) is 30.7 Å². The summed E-state index contributed by atoms with van der Waals surface area (Å²) in [7, 11) is 1.26. The van der Waals surface area contributed by atoms with Gasteiger partial charge in [-0.05, 0) is 43.7 Å². The second-order valence-electron chi connectivity index (χ2n) is 9.46. The molecule has 0 spiro atoms. The van der Waals surface area contributed by atoms with Gasteiger partial charge in [0.15, 0.2) is 0 Å². The molecule has 0 unspecified atom stereocenters. The van der Waals surface area contributed by atoms with Crippen LogP contribution in [-0.4, -0.2) is 78.7 Å². The van der Waals surface area contributed by atoms with Crippen LogP contribution in [0.2, 0.25) is 0 Å². The summed E-state index contributed by atoms with van der Waals surface area (Å²) in [6.45, 7) is 8.65. The van der Waals surface area contributed by atoms with Crippen LogP contribution in [0.15, 0.2) is 42.5 Å². The molecule has 36 heavy (non-hydrogen) atoms. The summed E-state index contributed by atoms with van der Waals surface area (Å²) in [6, 6.07) is 13.0. The van der Waals surface area contributed by atoms with Gasteiger partial charge in [-0.3, -0.25) is 9.80 Å². The molecular weight excluding hydrogens is 479 g/mol. The smallest absolute Gasteiger partial charge is 0.337 e. The van der Waals surface area contributed by atoms with Crippen molar-refractivity contribution in [1.29, 1.82) is 0 Å². The molecule has 2 aliphatic rings. The molecule has 1 N–H and O–H groups in total. The molecule has 0 aliphatic carbocycles. The van der Waals surface area contributed by atoms with Crippen molar-refractivity contribution in [3.05, 3.63) is 65.0 Å². The number of esters is 1. The number of carbonyl (C=O) groups is 2. The number of nitrogens with one attached hydrogen (secondary N) is 1. The first-order chi connectivity index (χ1) is 17.4. The first-order valence-corrected chi connectivity index (χ1v) is 13.6. The van der Waals surface area contributed by atoms with E-state index in [0.717, 1.165) is 36.8 Å². The largest absolute Gasteiger partial charge is 0.465 e. The van der Waals surface area contributed by atoms with Crippen LogP contribution in [0.3, 0.4) is 0 Å². The van der Waals surface area contributed by atoms with Crippen LogP contribution >= 0.6 is 11.8 Å². The first kappa shape index (κ1) is 26.4. The summed E-state index contributed by atoms with van der Waals surface area (Å²) >= 11 is 1.83. The van der Waals surface area contributed by atoms with Gasteiger partial charge in [0.05, 0.1) is 19.2 Å². The van der Waals surface area contributed by atoms with Gasteiger partial charge in [0.2, 0.25) is 0 Å². The fourth-order valence-electron chi connectivity index (χ4n) is 4.76. The second kappa shape index (κ2) is 12.1. The van der Waals surface area contributed by atoms with Crippen LogP contribution in [0.4, 0.5) is 14.9 Å². The number of hydrogen-bond acceptors (Lipinski definition) is 6. The normalized spacial score (nSPS) is 20.7. The maximum absolute atomic E-state index is 15.0. The van der Waals surface area contributed by atoms with E-state index in [1.165, 1.54) is 24.8 Å². The molecule has 2 saturated heterocycles. The number of amides is 2. The van der Waals surface area contributed by atoms with E-state index in [1.807, 2.05) is 28.8 Å². The van der Waals surface area contributed by atoms with Gasteiger partial charge in [-0.2, -0.15) is 11.8 Å². The standard InChI is InChI=1S/C27H35FN4O3S/c1-19-15-29-16-20(2)31(19)17-21-4-8-24(9-5-21)32(27(34)30-10-12-36-13-11-30)18-23-7-6-22(14-25(23)28)26(33)35-3/h4-9,14,19-20,29H,10-13,15-18H2,1-3H3/t19-,20+. The number of nitrogens with zero attached hydrogens (tertiary/aromatic N) is 3. The number of carbonyl (C=O) groups excluding carboxylic acids is 2. The molecular formula is C27H35FN4O3S. The fourth-order valence-corrected chi connectivity index (χ4v) is 5.66. The molecule has 7 nitrogen and oxygen atoms in total. The van der Waals surface area contributed by atoms with Gasteiger partial charge in [-0.25, -0.2) is 14.0 Å². The maximum Gasteiger partial charge on any atom is 0.337 e. The van der Waals surface area contributed by atoms with Gasteiger partial charge in [-0.1, -0.05) is 18.2 Å². The average Bonchev–Trinajstić information content (AvgIpc) is 2.90. The minimum Gasteiger partial charge on any atom is -0.465 e. The third kappa shape index (κ3) is 6.19. The Kier molecular flexibility index (Phi) is 8.87. The van der Waals surface area contributed by atoms with Gasteiger partial charge in [0.25, 0.3) is 0 Å².